The second-order valence-corrected chi connectivity index (χ2v) is 9.96. The maximum atomic E-state index is 15.7. The first-order valence-electron chi connectivity index (χ1n) is 11.4. The lowest BCUT2D eigenvalue weighted by Gasteiger charge is -2.38. The maximum Gasteiger partial charge on any atom is 0.233 e. The van der Waals surface area contributed by atoms with Crippen molar-refractivity contribution in [1.82, 2.24) is 29.1 Å². The van der Waals surface area contributed by atoms with Gasteiger partial charge in [-0.1, -0.05) is 32.9 Å². The molecule has 4 heterocycles. The molecular weight excluding hydrogens is 431 g/mol. The Morgan fingerprint density at radius 3 is 2.56 bits per heavy atom. The lowest BCUT2D eigenvalue weighted by molar-refractivity contribution is 0.109. The molecule has 9 heteroatoms. The van der Waals surface area contributed by atoms with Gasteiger partial charge in [0.15, 0.2) is 11.5 Å². The molecule has 0 N–H and O–H groups in total. The zero-order valence-corrected chi connectivity index (χ0v) is 19.8. The van der Waals surface area contributed by atoms with E-state index in [2.05, 4.69) is 51.9 Å². The van der Waals surface area contributed by atoms with E-state index in [0.29, 0.717) is 30.3 Å². The minimum atomic E-state index is -1.54. The highest BCUT2D eigenvalue weighted by atomic mass is 19.1. The number of hydrogen-bond donors (Lipinski definition) is 0. The second-order valence-electron chi connectivity index (χ2n) is 9.96. The van der Waals surface area contributed by atoms with Gasteiger partial charge in [-0.05, 0) is 6.07 Å². The Kier molecular flexibility index (Phi) is 5.12. The van der Waals surface area contributed by atoms with Gasteiger partial charge in [0, 0.05) is 68.1 Å². The molecule has 4 aromatic rings. The van der Waals surface area contributed by atoms with Crippen LogP contribution in [0.1, 0.15) is 50.7 Å². The van der Waals surface area contributed by atoms with Crippen molar-refractivity contribution in [3.63, 3.8) is 0 Å². The van der Waals surface area contributed by atoms with Crippen LogP contribution in [0.4, 0.5) is 10.1 Å². The third-order valence-corrected chi connectivity index (χ3v) is 6.53. The highest BCUT2D eigenvalue weighted by Gasteiger charge is 2.40. The van der Waals surface area contributed by atoms with Crippen LogP contribution in [0.5, 0.6) is 0 Å². The summed E-state index contributed by atoms with van der Waals surface area (Å²) < 4.78 is 19.3. The van der Waals surface area contributed by atoms with Gasteiger partial charge in [0.25, 0.3) is 0 Å². The van der Waals surface area contributed by atoms with E-state index >= 15 is 4.39 Å². The molecule has 3 aromatic heterocycles. The minimum absolute atomic E-state index is 0.0882. The summed E-state index contributed by atoms with van der Waals surface area (Å²) >= 11 is 0. The minimum Gasteiger partial charge on any atom is -0.370 e. The molecule has 0 spiro atoms. The Bertz CT molecular complexity index is 1400. The zero-order chi connectivity index (χ0) is 24.1. The molecule has 0 aliphatic carbocycles. The van der Waals surface area contributed by atoms with Crippen molar-refractivity contribution in [3.8, 4) is 17.2 Å². The molecule has 0 radical (unpaired) electrons. The third-order valence-electron chi connectivity index (χ3n) is 6.53. The third kappa shape index (κ3) is 3.69. The summed E-state index contributed by atoms with van der Waals surface area (Å²) in [6, 6.07) is 7.99. The molecule has 0 bridgehead atoms. The topological polar surface area (TPSA) is 87.9 Å². The van der Waals surface area contributed by atoms with Crippen molar-refractivity contribution in [2.45, 2.75) is 44.7 Å². The largest absolute Gasteiger partial charge is 0.370 e. The van der Waals surface area contributed by atoms with Crippen LogP contribution in [-0.2, 0) is 18.1 Å². The number of anilines is 1. The average molecular weight is 459 g/mol. The van der Waals surface area contributed by atoms with Crippen molar-refractivity contribution in [1.29, 1.82) is 5.26 Å². The number of fused-ring (bicyclic) bond motifs is 1. The number of halogens is 1. The van der Waals surface area contributed by atoms with Gasteiger partial charge < -0.3 is 9.47 Å². The number of hydrogen-bond acceptors (Lipinski definition) is 6. The van der Waals surface area contributed by atoms with Gasteiger partial charge in [-0.15, -0.1) is 10.2 Å². The van der Waals surface area contributed by atoms with Crippen LogP contribution in [0.15, 0.2) is 43.1 Å². The number of piperidine rings is 1. The molecule has 5 rings (SSSR count). The maximum absolute atomic E-state index is 15.7. The molecule has 0 unspecified atom stereocenters. The number of imidazole rings is 1. The van der Waals surface area contributed by atoms with E-state index in [9.17, 15) is 5.26 Å². The van der Waals surface area contributed by atoms with Gasteiger partial charge in [0.2, 0.25) is 5.78 Å². The molecule has 1 aromatic carbocycles. The summed E-state index contributed by atoms with van der Waals surface area (Å²) in [4.78, 5) is 11.3. The summed E-state index contributed by atoms with van der Waals surface area (Å²) in [5.41, 5.74) is 2.47. The van der Waals surface area contributed by atoms with E-state index in [1.54, 1.807) is 23.9 Å². The quantitative estimate of drug-likeness (QED) is 0.458. The van der Waals surface area contributed by atoms with Crippen LogP contribution in [-0.4, -0.2) is 42.2 Å². The summed E-state index contributed by atoms with van der Waals surface area (Å²) in [7, 11) is 1.76. The van der Waals surface area contributed by atoms with Gasteiger partial charge in [0.1, 0.15) is 12.4 Å². The summed E-state index contributed by atoms with van der Waals surface area (Å²) in [5.74, 6) is 0.987. The van der Waals surface area contributed by atoms with E-state index in [1.165, 1.54) is 6.33 Å². The first-order valence-corrected chi connectivity index (χ1v) is 11.4. The summed E-state index contributed by atoms with van der Waals surface area (Å²) in [6.45, 7) is 7.28. The number of aromatic nitrogens is 6. The Morgan fingerprint density at radius 1 is 1.15 bits per heavy atom. The Morgan fingerprint density at radius 2 is 1.91 bits per heavy atom. The number of alkyl halides is 1. The standard InChI is InChI=1S/C25H27FN8/c1-24(2,3)20-15-34-14-18(13-28-23(34)30-20)19-7-5-6-17(12-27)21(19)33-10-8-25(26,9-11-33)22-31-29-16-32(22)4/h5-7,13-16H,8-11H2,1-4H3. The Hall–Kier alpha value is -3.80. The van der Waals surface area contributed by atoms with E-state index in [0.717, 1.165) is 22.5 Å². The fourth-order valence-electron chi connectivity index (χ4n) is 4.59. The van der Waals surface area contributed by atoms with Gasteiger partial charge >= 0.3 is 0 Å². The van der Waals surface area contributed by atoms with E-state index in [4.69, 9.17) is 0 Å². The van der Waals surface area contributed by atoms with Crippen molar-refractivity contribution in [2.75, 3.05) is 18.0 Å². The first-order chi connectivity index (χ1) is 16.2. The van der Waals surface area contributed by atoms with Crippen LogP contribution in [0, 0.1) is 11.3 Å². The van der Waals surface area contributed by atoms with Crippen LogP contribution in [0.3, 0.4) is 0 Å². The number of para-hydroxylation sites is 1. The van der Waals surface area contributed by atoms with Gasteiger partial charge in [-0.2, -0.15) is 5.26 Å². The van der Waals surface area contributed by atoms with Crippen LogP contribution in [0.2, 0.25) is 0 Å². The highest BCUT2D eigenvalue weighted by Crippen LogP contribution is 2.41. The monoisotopic (exact) mass is 458 g/mol. The SMILES string of the molecule is Cn1cnnc1C1(F)CCN(c2c(C#N)cccc2-c2cnc3nc(C(C)(C)C)cn3c2)CC1. The number of aryl methyl sites for hydroxylation is 1. The molecule has 1 fully saturated rings. The molecule has 174 valence electrons. The zero-order valence-electron chi connectivity index (χ0n) is 19.8. The first kappa shape index (κ1) is 22.0. The van der Waals surface area contributed by atoms with Crippen LogP contribution >= 0.6 is 0 Å². The predicted molar refractivity (Wildman–Crippen MR) is 127 cm³/mol. The molecule has 1 aliphatic heterocycles. The molecule has 0 atom stereocenters. The predicted octanol–water partition coefficient (Wildman–Crippen LogP) is 4.16. The molecule has 1 saturated heterocycles. The molecule has 34 heavy (non-hydrogen) atoms. The van der Waals surface area contributed by atoms with Crippen LogP contribution in [0.25, 0.3) is 16.9 Å². The van der Waals surface area contributed by atoms with E-state index in [1.807, 2.05) is 28.9 Å². The van der Waals surface area contributed by atoms with Gasteiger partial charge in [-0.25, -0.2) is 14.4 Å². The second kappa shape index (κ2) is 7.90. The van der Waals surface area contributed by atoms with E-state index in [-0.39, 0.29) is 18.3 Å². The number of nitrogens with zero attached hydrogens (tertiary/aromatic N) is 8. The average Bonchev–Trinajstić information content (AvgIpc) is 3.45. The van der Waals surface area contributed by atoms with Gasteiger partial charge in [0.05, 0.1) is 16.9 Å². The Labute approximate surface area is 197 Å². The van der Waals surface area contributed by atoms with Crippen molar-refractivity contribution in [3.05, 3.63) is 60.2 Å². The lowest BCUT2D eigenvalue weighted by atomic mass is 9.90. The summed E-state index contributed by atoms with van der Waals surface area (Å²) in [5, 5.41) is 17.7. The van der Waals surface area contributed by atoms with Crippen molar-refractivity contribution in [2.24, 2.45) is 7.05 Å². The molecular formula is C25H27FN8. The van der Waals surface area contributed by atoms with Crippen molar-refractivity contribution >= 4 is 11.5 Å². The molecule has 1 aliphatic rings. The molecule has 0 saturated carbocycles. The normalized spacial score (nSPS) is 16.1. The Balaban J connectivity index is 1.52. The number of nitriles is 1. The number of benzene rings is 1. The van der Waals surface area contributed by atoms with Crippen molar-refractivity contribution < 1.29 is 4.39 Å². The molecule has 0 amide bonds. The molecule has 8 nitrogen and oxygen atoms in total. The smallest absolute Gasteiger partial charge is 0.233 e. The summed E-state index contributed by atoms with van der Waals surface area (Å²) in [6.07, 6.45) is 7.85. The van der Waals surface area contributed by atoms with Crippen LogP contribution < -0.4 is 4.90 Å². The van der Waals surface area contributed by atoms with E-state index < -0.39 is 5.67 Å². The fraction of sp³-hybridized carbons (Fsp3) is 0.400. The number of rotatable bonds is 3. The lowest BCUT2D eigenvalue weighted by Crippen LogP contribution is -2.42. The van der Waals surface area contributed by atoms with Gasteiger partial charge in [-0.3, -0.25) is 4.40 Å². The highest BCUT2D eigenvalue weighted by molar-refractivity contribution is 5.82. The fourth-order valence-corrected chi connectivity index (χ4v) is 4.59.